The standard InChI is InChI=1S/C11H9BrN4S/c12-10-9(13-11-15(10)5-6-17-11)8-3-4-16(14-8)7-1-2-7/h3-7H,1-2H2. The van der Waals surface area contributed by atoms with Gasteiger partial charge in [0.25, 0.3) is 0 Å². The summed E-state index contributed by atoms with van der Waals surface area (Å²) in [4.78, 5) is 5.59. The van der Waals surface area contributed by atoms with Crippen molar-refractivity contribution in [3.8, 4) is 11.4 Å². The summed E-state index contributed by atoms with van der Waals surface area (Å²) in [6, 6.07) is 2.65. The average Bonchev–Trinajstić information content (AvgIpc) is 2.77. The van der Waals surface area contributed by atoms with Crippen LogP contribution in [0.1, 0.15) is 18.9 Å². The maximum Gasteiger partial charge on any atom is 0.195 e. The summed E-state index contributed by atoms with van der Waals surface area (Å²) in [5.41, 5.74) is 1.87. The molecule has 0 aromatic carbocycles. The predicted octanol–water partition coefficient (Wildman–Crippen LogP) is 3.36. The van der Waals surface area contributed by atoms with Gasteiger partial charge in [-0.2, -0.15) is 5.10 Å². The van der Waals surface area contributed by atoms with Crippen LogP contribution in [0, 0.1) is 0 Å². The normalized spacial score (nSPS) is 15.8. The van der Waals surface area contributed by atoms with Gasteiger partial charge in [0.15, 0.2) is 4.96 Å². The molecule has 1 aliphatic carbocycles. The lowest BCUT2D eigenvalue weighted by molar-refractivity contribution is 0.643. The van der Waals surface area contributed by atoms with E-state index < -0.39 is 0 Å². The summed E-state index contributed by atoms with van der Waals surface area (Å²) in [6.45, 7) is 0. The molecule has 0 amide bonds. The van der Waals surface area contributed by atoms with E-state index in [-0.39, 0.29) is 0 Å². The SMILES string of the molecule is Brc1c(-c2ccn(C3CC3)n2)nc2sccn12. The van der Waals surface area contributed by atoms with Crippen LogP contribution in [0.2, 0.25) is 0 Å². The summed E-state index contributed by atoms with van der Waals surface area (Å²) >= 11 is 5.22. The van der Waals surface area contributed by atoms with Gasteiger partial charge in [-0.25, -0.2) is 4.98 Å². The Morgan fingerprint density at radius 2 is 2.24 bits per heavy atom. The van der Waals surface area contributed by atoms with Gasteiger partial charge >= 0.3 is 0 Å². The van der Waals surface area contributed by atoms with E-state index in [4.69, 9.17) is 0 Å². The van der Waals surface area contributed by atoms with Gasteiger partial charge in [0.05, 0.1) is 6.04 Å². The highest BCUT2D eigenvalue weighted by atomic mass is 79.9. The molecule has 86 valence electrons. The first-order valence-electron chi connectivity index (χ1n) is 5.49. The minimum atomic E-state index is 0.617. The fourth-order valence-electron chi connectivity index (χ4n) is 1.93. The molecule has 1 fully saturated rings. The molecule has 4 rings (SSSR count). The Morgan fingerprint density at radius 3 is 3.00 bits per heavy atom. The third-order valence-electron chi connectivity index (χ3n) is 2.98. The van der Waals surface area contributed by atoms with Gasteiger partial charge in [-0.05, 0) is 34.8 Å². The molecule has 0 spiro atoms. The van der Waals surface area contributed by atoms with Gasteiger partial charge in [0, 0.05) is 17.8 Å². The van der Waals surface area contributed by atoms with Crippen LogP contribution in [-0.2, 0) is 0 Å². The molecular weight excluding hydrogens is 300 g/mol. The average molecular weight is 309 g/mol. The molecule has 1 aliphatic rings. The van der Waals surface area contributed by atoms with Gasteiger partial charge < -0.3 is 0 Å². The molecule has 3 heterocycles. The Balaban J connectivity index is 1.85. The molecule has 0 aliphatic heterocycles. The zero-order valence-corrected chi connectivity index (χ0v) is 11.3. The number of aromatic nitrogens is 4. The third-order valence-corrected chi connectivity index (χ3v) is 4.49. The van der Waals surface area contributed by atoms with Crippen molar-refractivity contribution in [3.05, 3.63) is 28.4 Å². The number of rotatable bonds is 2. The van der Waals surface area contributed by atoms with Crippen LogP contribution in [-0.4, -0.2) is 19.2 Å². The fourth-order valence-corrected chi connectivity index (χ4v) is 3.34. The zero-order valence-electron chi connectivity index (χ0n) is 8.88. The number of fused-ring (bicyclic) bond motifs is 1. The van der Waals surface area contributed by atoms with Crippen LogP contribution in [0.3, 0.4) is 0 Å². The van der Waals surface area contributed by atoms with E-state index in [9.17, 15) is 0 Å². The quantitative estimate of drug-likeness (QED) is 0.727. The lowest BCUT2D eigenvalue weighted by atomic mass is 10.3. The van der Waals surface area contributed by atoms with E-state index >= 15 is 0 Å². The number of thiazole rings is 1. The maximum atomic E-state index is 4.59. The second-order valence-electron chi connectivity index (χ2n) is 4.22. The largest absolute Gasteiger partial charge is 0.284 e. The fraction of sp³-hybridized carbons (Fsp3) is 0.273. The highest BCUT2D eigenvalue weighted by Gasteiger charge is 2.25. The lowest BCUT2D eigenvalue weighted by Crippen LogP contribution is -1.94. The summed E-state index contributed by atoms with van der Waals surface area (Å²) in [7, 11) is 0. The van der Waals surface area contributed by atoms with Crippen LogP contribution < -0.4 is 0 Å². The molecule has 17 heavy (non-hydrogen) atoms. The van der Waals surface area contributed by atoms with E-state index in [2.05, 4.69) is 30.7 Å². The van der Waals surface area contributed by atoms with Crippen molar-refractivity contribution in [2.45, 2.75) is 18.9 Å². The van der Waals surface area contributed by atoms with Crippen LogP contribution >= 0.6 is 27.3 Å². The summed E-state index contributed by atoms with van der Waals surface area (Å²) < 4.78 is 5.07. The van der Waals surface area contributed by atoms with Crippen molar-refractivity contribution in [2.24, 2.45) is 0 Å². The molecule has 3 aromatic rings. The number of halogens is 1. The Labute approximate surface area is 110 Å². The summed E-state index contributed by atoms with van der Waals surface area (Å²) in [5.74, 6) is 0. The van der Waals surface area contributed by atoms with Crippen LogP contribution in [0.5, 0.6) is 0 Å². The van der Waals surface area contributed by atoms with E-state index in [0.717, 1.165) is 21.0 Å². The van der Waals surface area contributed by atoms with Crippen molar-refractivity contribution >= 4 is 32.2 Å². The topological polar surface area (TPSA) is 35.1 Å². The van der Waals surface area contributed by atoms with Gasteiger partial charge in [0.2, 0.25) is 0 Å². The number of hydrogen-bond acceptors (Lipinski definition) is 3. The summed E-state index contributed by atoms with van der Waals surface area (Å²) in [6.07, 6.45) is 6.56. The predicted molar refractivity (Wildman–Crippen MR) is 70.3 cm³/mol. The second-order valence-corrected chi connectivity index (χ2v) is 5.84. The molecule has 0 bridgehead atoms. The molecule has 0 radical (unpaired) electrons. The number of imidazole rings is 1. The Morgan fingerprint density at radius 1 is 1.35 bits per heavy atom. The first-order valence-corrected chi connectivity index (χ1v) is 7.17. The monoisotopic (exact) mass is 308 g/mol. The molecule has 3 aromatic heterocycles. The van der Waals surface area contributed by atoms with Crippen molar-refractivity contribution in [1.29, 1.82) is 0 Å². The first kappa shape index (κ1) is 9.85. The molecule has 1 saturated carbocycles. The van der Waals surface area contributed by atoms with Gasteiger partial charge in [-0.15, -0.1) is 11.3 Å². The second kappa shape index (κ2) is 3.43. The van der Waals surface area contributed by atoms with E-state index in [1.165, 1.54) is 12.8 Å². The van der Waals surface area contributed by atoms with Crippen LogP contribution in [0.15, 0.2) is 28.4 Å². The minimum absolute atomic E-state index is 0.617. The van der Waals surface area contributed by atoms with Crippen molar-refractivity contribution in [1.82, 2.24) is 19.2 Å². The molecular formula is C11H9BrN4S. The number of hydrogen-bond donors (Lipinski definition) is 0. The third kappa shape index (κ3) is 1.47. The van der Waals surface area contributed by atoms with Crippen LogP contribution in [0.4, 0.5) is 0 Å². The van der Waals surface area contributed by atoms with Crippen molar-refractivity contribution in [2.75, 3.05) is 0 Å². The summed E-state index contributed by atoms with van der Waals surface area (Å²) in [5, 5.41) is 6.62. The first-order chi connectivity index (χ1) is 8.33. The minimum Gasteiger partial charge on any atom is -0.284 e. The molecule has 0 atom stereocenters. The van der Waals surface area contributed by atoms with E-state index in [0.29, 0.717) is 6.04 Å². The Bertz CT molecular complexity index is 691. The highest BCUT2D eigenvalue weighted by Crippen LogP contribution is 2.36. The molecule has 0 N–H and O–H groups in total. The van der Waals surface area contributed by atoms with E-state index in [1.54, 1.807) is 11.3 Å². The van der Waals surface area contributed by atoms with Gasteiger partial charge in [-0.3, -0.25) is 9.08 Å². The highest BCUT2D eigenvalue weighted by molar-refractivity contribution is 9.10. The lowest BCUT2D eigenvalue weighted by Gasteiger charge is -1.95. The number of nitrogens with zero attached hydrogens (tertiary/aromatic N) is 4. The molecule has 4 nitrogen and oxygen atoms in total. The Kier molecular flexibility index (Phi) is 1.99. The maximum absolute atomic E-state index is 4.59. The van der Waals surface area contributed by atoms with Gasteiger partial charge in [-0.1, -0.05) is 0 Å². The van der Waals surface area contributed by atoms with Crippen molar-refractivity contribution in [3.63, 3.8) is 0 Å². The molecule has 0 unspecified atom stereocenters. The Hall–Kier alpha value is -1.14. The smallest absolute Gasteiger partial charge is 0.195 e. The van der Waals surface area contributed by atoms with Gasteiger partial charge in [0.1, 0.15) is 16.0 Å². The molecule has 0 saturated heterocycles. The van der Waals surface area contributed by atoms with E-state index in [1.807, 2.05) is 28.2 Å². The van der Waals surface area contributed by atoms with Crippen LogP contribution in [0.25, 0.3) is 16.3 Å². The van der Waals surface area contributed by atoms with Crippen molar-refractivity contribution < 1.29 is 0 Å². The molecule has 6 heteroatoms. The zero-order chi connectivity index (χ0) is 11.4.